The molecule has 102 heavy (non-hydrogen) atoms. The number of rotatable bonds is 80. The predicted octanol–water partition coefficient (Wildman–Crippen LogP) is 24.8. The Bertz CT molecular complexity index is 1990. The van der Waals surface area contributed by atoms with Crippen LogP contribution in [-0.2, 0) is 65.4 Å². The van der Waals surface area contributed by atoms with Gasteiger partial charge in [0.2, 0.25) is 0 Å². The Kier molecular flexibility index (Phi) is 70.6. The quantitative estimate of drug-likeness (QED) is 0.0222. The summed E-state index contributed by atoms with van der Waals surface area (Å²) < 4.78 is 68.8. The number of phosphoric ester groups is 2. The van der Waals surface area contributed by atoms with Gasteiger partial charge in [-0.15, -0.1) is 0 Å². The lowest BCUT2D eigenvalue weighted by Gasteiger charge is -2.21. The first-order valence-corrected chi connectivity index (χ1v) is 45.8. The molecule has 0 saturated carbocycles. The lowest BCUT2D eigenvalue weighted by atomic mass is 9.99. The van der Waals surface area contributed by atoms with Crippen molar-refractivity contribution in [3.8, 4) is 0 Å². The van der Waals surface area contributed by atoms with Gasteiger partial charge in [-0.2, -0.15) is 0 Å². The predicted molar refractivity (Wildman–Crippen MR) is 418 cm³/mol. The Hall–Kier alpha value is -1.94. The van der Waals surface area contributed by atoms with Crippen molar-refractivity contribution >= 4 is 39.5 Å². The summed E-state index contributed by atoms with van der Waals surface area (Å²) in [5, 5.41) is 10.7. The van der Waals surface area contributed by atoms with E-state index in [1.54, 1.807) is 0 Å². The van der Waals surface area contributed by atoms with Gasteiger partial charge in [-0.05, 0) is 49.4 Å². The summed E-state index contributed by atoms with van der Waals surface area (Å²) in [4.78, 5) is 73.1. The third-order valence-electron chi connectivity index (χ3n) is 20.0. The number of ether oxygens (including phenoxy) is 4. The fraction of sp³-hybridized carbons (Fsp3) is 0.952. The van der Waals surface area contributed by atoms with Gasteiger partial charge >= 0.3 is 39.5 Å². The summed E-state index contributed by atoms with van der Waals surface area (Å²) >= 11 is 0. The van der Waals surface area contributed by atoms with Crippen LogP contribution in [0.3, 0.4) is 0 Å². The van der Waals surface area contributed by atoms with Gasteiger partial charge in [-0.25, -0.2) is 9.13 Å². The fourth-order valence-electron chi connectivity index (χ4n) is 12.7. The maximum absolute atomic E-state index is 13.1. The van der Waals surface area contributed by atoms with Crippen LogP contribution in [0.15, 0.2) is 0 Å². The van der Waals surface area contributed by atoms with E-state index in [9.17, 15) is 43.2 Å². The van der Waals surface area contributed by atoms with Crippen LogP contribution in [0.4, 0.5) is 0 Å². The number of hydrogen-bond acceptors (Lipinski definition) is 15. The van der Waals surface area contributed by atoms with Crippen LogP contribution in [-0.4, -0.2) is 96.7 Å². The highest BCUT2D eigenvalue weighted by molar-refractivity contribution is 7.47. The average Bonchev–Trinajstić information content (AvgIpc) is 0.930. The molecule has 0 aliphatic rings. The van der Waals surface area contributed by atoms with Crippen LogP contribution >= 0.6 is 15.6 Å². The highest BCUT2D eigenvalue weighted by Gasteiger charge is 2.30. The van der Waals surface area contributed by atoms with Crippen LogP contribution in [0.1, 0.15) is 428 Å². The number of carbonyl (C=O) groups excluding carboxylic acids is 4. The summed E-state index contributed by atoms with van der Waals surface area (Å²) in [5.74, 6) is 1.04. The number of unbranched alkanes of at least 4 members (excludes halogenated alkanes) is 44. The summed E-state index contributed by atoms with van der Waals surface area (Å²) in [6.07, 6.45) is 59.7. The van der Waals surface area contributed by atoms with E-state index in [-0.39, 0.29) is 25.7 Å². The van der Waals surface area contributed by atoms with E-state index >= 15 is 0 Å². The number of hydrogen-bond donors (Lipinski definition) is 3. The number of phosphoric acid groups is 2. The molecule has 0 aliphatic heterocycles. The molecule has 0 fully saturated rings. The van der Waals surface area contributed by atoms with Gasteiger partial charge in [0.25, 0.3) is 0 Å². The van der Waals surface area contributed by atoms with Crippen LogP contribution in [0.5, 0.6) is 0 Å². The molecule has 606 valence electrons. The minimum absolute atomic E-state index is 0.106. The topological polar surface area (TPSA) is 237 Å². The smallest absolute Gasteiger partial charge is 0.462 e. The van der Waals surface area contributed by atoms with Gasteiger partial charge in [-0.3, -0.25) is 37.3 Å². The van der Waals surface area contributed by atoms with E-state index in [2.05, 4.69) is 55.4 Å². The SMILES string of the molecule is CCC(C)CCCCCCCCCCCCCCCCC(=O)OC[C@H](COP(=O)(O)OC[C@@H](O)COP(=O)(O)OC[C@@H](COC(=O)CCCCCCCCC(C)CC)OC(=O)CCCCCCCCCCCCCCCCCCCCC(C)C)OC(=O)CCCCCCCCCCCCC(C)C. The summed E-state index contributed by atoms with van der Waals surface area (Å²) in [5.41, 5.74) is 0. The molecule has 0 rings (SSSR count). The molecule has 4 unspecified atom stereocenters. The van der Waals surface area contributed by atoms with Crippen molar-refractivity contribution in [2.45, 2.75) is 446 Å². The van der Waals surface area contributed by atoms with Gasteiger partial charge in [-0.1, -0.05) is 376 Å². The third kappa shape index (κ3) is 73.6. The number of aliphatic hydroxyl groups excluding tert-OH is 1. The Morgan fingerprint density at radius 2 is 0.471 bits per heavy atom. The molecule has 19 heteroatoms. The zero-order valence-electron chi connectivity index (χ0n) is 67.2. The Labute approximate surface area is 626 Å². The Morgan fingerprint density at radius 1 is 0.275 bits per heavy atom. The molecule has 0 saturated heterocycles. The molecule has 0 aromatic carbocycles. The molecule has 0 radical (unpaired) electrons. The van der Waals surface area contributed by atoms with Gasteiger partial charge in [0.05, 0.1) is 26.4 Å². The Balaban J connectivity index is 5.20. The van der Waals surface area contributed by atoms with Gasteiger partial charge in [0.15, 0.2) is 12.2 Å². The highest BCUT2D eigenvalue weighted by Crippen LogP contribution is 2.45. The van der Waals surface area contributed by atoms with Crippen LogP contribution in [0, 0.1) is 23.7 Å². The molecule has 17 nitrogen and oxygen atoms in total. The van der Waals surface area contributed by atoms with Crippen molar-refractivity contribution in [1.82, 2.24) is 0 Å². The van der Waals surface area contributed by atoms with Gasteiger partial charge < -0.3 is 33.8 Å². The summed E-state index contributed by atoms with van der Waals surface area (Å²) in [6, 6.07) is 0. The largest absolute Gasteiger partial charge is 0.472 e. The van der Waals surface area contributed by atoms with Crippen molar-refractivity contribution in [2.24, 2.45) is 23.7 Å². The van der Waals surface area contributed by atoms with Gasteiger partial charge in [0.1, 0.15) is 19.3 Å². The minimum Gasteiger partial charge on any atom is -0.462 e. The molecule has 0 aromatic rings. The number of esters is 4. The highest BCUT2D eigenvalue weighted by atomic mass is 31.2. The van der Waals surface area contributed by atoms with E-state index < -0.39 is 97.5 Å². The van der Waals surface area contributed by atoms with Crippen molar-refractivity contribution in [3.63, 3.8) is 0 Å². The van der Waals surface area contributed by atoms with E-state index in [0.29, 0.717) is 25.7 Å². The lowest BCUT2D eigenvalue weighted by Crippen LogP contribution is -2.30. The van der Waals surface area contributed by atoms with Crippen LogP contribution in [0.25, 0.3) is 0 Å². The zero-order chi connectivity index (χ0) is 75.3. The molecule has 7 atom stereocenters. The molecule has 0 spiro atoms. The third-order valence-corrected chi connectivity index (χ3v) is 21.9. The Morgan fingerprint density at radius 3 is 0.696 bits per heavy atom. The second-order valence-corrected chi connectivity index (χ2v) is 34.2. The average molecular weight is 1490 g/mol. The van der Waals surface area contributed by atoms with Crippen molar-refractivity contribution in [3.05, 3.63) is 0 Å². The molecule has 3 N–H and O–H groups in total. The van der Waals surface area contributed by atoms with Crippen molar-refractivity contribution in [1.29, 1.82) is 0 Å². The first kappa shape index (κ1) is 100. The van der Waals surface area contributed by atoms with Crippen LogP contribution < -0.4 is 0 Å². The molecule has 0 aliphatic carbocycles. The zero-order valence-corrected chi connectivity index (χ0v) is 69.0. The maximum Gasteiger partial charge on any atom is 0.472 e. The van der Waals surface area contributed by atoms with Crippen LogP contribution in [0.2, 0.25) is 0 Å². The van der Waals surface area contributed by atoms with Crippen molar-refractivity contribution in [2.75, 3.05) is 39.6 Å². The second kappa shape index (κ2) is 72.0. The molecular weight excluding hydrogens is 1330 g/mol. The van der Waals surface area contributed by atoms with E-state index in [1.165, 1.54) is 225 Å². The first-order chi connectivity index (χ1) is 49.2. The molecule has 0 amide bonds. The number of aliphatic hydroxyl groups is 1. The molecular formula is C83H162O17P2. The first-order valence-electron chi connectivity index (χ1n) is 42.8. The normalized spacial score (nSPS) is 14.5. The molecule has 0 bridgehead atoms. The molecule has 0 aromatic heterocycles. The van der Waals surface area contributed by atoms with E-state index in [1.807, 2.05) is 0 Å². The van der Waals surface area contributed by atoms with Gasteiger partial charge in [0, 0.05) is 25.7 Å². The van der Waals surface area contributed by atoms with E-state index in [0.717, 1.165) is 120 Å². The number of carbonyl (C=O) groups is 4. The standard InChI is InChI=1S/C83H162O17P2/c1-9-75(7)61-53-45-37-31-24-20-17-18-21-25-32-38-47-55-63-80(85)93-69-78(99-83(88)66-58-50-40-34-28-27-30-36-44-52-60-74(5)6)71-97-101(89,90)95-67-77(84)68-96-102(91,92)98-72-79(70-94-81(86)64-56-48-42-41-46-54-62-76(8)10-2)100-82(87)65-57-49-39-33-26-22-16-14-12-11-13-15-19-23-29-35-43-51-59-73(3)4/h73-79,84H,9-72H2,1-8H3,(H,89,90)(H,91,92)/t75?,76?,77-,78-,79-/m1/s1. The monoisotopic (exact) mass is 1490 g/mol. The summed E-state index contributed by atoms with van der Waals surface area (Å²) in [7, 11) is -9.92. The molecule has 0 heterocycles. The maximum atomic E-state index is 13.1. The fourth-order valence-corrected chi connectivity index (χ4v) is 14.3. The van der Waals surface area contributed by atoms with Crippen molar-refractivity contribution < 1.29 is 80.2 Å². The second-order valence-electron chi connectivity index (χ2n) is 31.3. The lowest BCUT2D eigenvalue weighted by molar-refractivity contribution is -0.161. The summed E-state index contributed by atoms with van der Waals surface area (Å²) in [6.45, 7) is 14.3. The minimum atomic E-state index is -4.96. The van der Waals surface area contributed by atoms with E-state index in [4.69, 9.17) is 37.0 Å².